The zero-order valence-corrected chi connectivity index (χ0v) is 9.77. The van der Waals surface area contributed by atoms with Crippen molar-refractivity contribution in [1.29, 1.82) is 5.26 Å². The van der Waals surface area contributed by atoms with Crippen molar-refractivity contribution in [3.63, 3.8) is 0 Å². The molecule has 0 saturated carbocycles. The van der Waals surface area contributed by atoms with Gasteiger partial charge in [0.1, 0.15) is 23.4 Å². The molecule has 0 heterocycles. The minimum absolute atomic E-state index is 0.174. The fourth-order valence-corrected chi connectivity index (χ4v) is 1.50. The van der Waals surface area contributed by atoms with Gasteiger partial charge in [-0.3, -0.25) is 0 Å². The molecule has 2 aromatic rings. The average Bonchev–Trinajstić information content (AvgIpc) is 2.41. The summed E-state index contributed by atoms with van der Waals surface area (Å²) in [5.41, 5.74) is 1.13. The Balaban J connectivity index is 2.25. The molecule has 0 atom stereocenters. The van der Waals surface area contributed by atoms with Crippen molar-refractivity contribution in [2.45, 2.75) is 0 Å². The molecule has 90 valence electrons. The maximum absolute atomic E-state index is 13.0. The highest BCUT2D eigenvalue weighted by Crippen LogP contribution is 2.26. The second-order valence-corrected chi connectivity index (χ2v) is 3.63. The Bertz CT molecular complexity index is 588. The van der Waals surface area contributed by atoms with E-state index in [2.05, 4.69) is 5.32 Å². The van der Waals surface area contributed by atoms with Gasteiger partial charge in [-0.05, 0) is 42.5 Å². The molecular weight excluding hydrogens is 231 g/mol. The van der Waals surface area contributed by atoms with E-state index in [1.807, 2.05) is 25.2 Å². The van der Waals surface area contributed by atoms with E-state index in [1.165, 1.54) is 12.1 Å². The van der Waals surface area contributed by atoms with Gasteiger partial charge in [-0.25, -0.2) is 4.39 Å². The second kappa shape index (κ2) is 5.19. The number of hydrogen-bond acceptors (Lipinski definition) is 3. The third-order valence-corrected chi connectivity index (χ3v) is 2.43. The van der Waals surface area contributed by atoms with Crippen LogP contribution >= 0.6 is 0 Å². The topological polar surface area (TPSA) is 45.0 Å². The number of ether oxygens (including phenoxy) is 1. The number of nitrogens with one attached hydrogen (secondary N) is 1. The first-order chi connectivity index (χ1) is 8.72. The fourth-order valence-electron chi connectivity index (χ4n) is 1.50. The van der Waals surface area contributed by atoms with Gasteiger partial charge >= 0.3 is 0 Å². The lowest BCUT2D eigenvalue weighted by Crippen LogP contribution is -1.91. The Morgan fingerprint density at radius 3 is 2.50 bits per heavy atom. The first-order valence-electron chi connectivity index (χ1n) is 5.38. The molecule has 0 aromatic heterocycles. The molecule has 0 bridgehead atoms. The molecule has 0 unspecified atom stereocenters. The van der Waals surface area contributed by atoms with E-state index >= 15 is 0 Å². The van der Waals surface area contributed by atoms with Crippen LogP contribution in [0.25, 0.3) is 0 Å². The quantitative estimate of drug-likeness (QED) is 0.895. The summed E-state index contributed by atoms with van der Waals surface area (Å²) < 4.78 is 18.5. The number of halogens is 1. The van der Waals surface area contributed by atoms with E-state index in [1.54, 1.807) is 12.1 Å². The molecular formula is C14H11FN2O. The molecule has 0 aliphatic heterocycles. The van der Waals surface area contributed by atoms with Crippen LogP contribution in [0.5, 0.6) is 11.5 Å². The number of hydrogen-bond donors (Lipinski definition) is 1. The van der Waals surface area contributed by atoms with Crippen LogP contribution in [-0.2, 0) is 0 Å². The Labute approximate surface area is 104 Å². The SMILES string of the molecule is CNc1ccc(Oc2ccc(F)cc2C#N)cc1. The molecule has 0 fully saturated rings. The summed E-state index contributed by atoms with van der Waals surface area (Å²) in [4.78, 5) is 0. The predicted octanol–water partition coefficient (Wildman–Crippen LogP) is 3.53. The fraction of sp³-hybridized carbons (Fsp3) is 0.0714. The molecule has 4 heteroatoms. The zero-order valence-electron chi connectivity index (χ0n) is 9.77. The van der Waals surface area contributed by atoms with Gasteiger partial charge in [0.05, 0.1) is 5.56 Å². The van der Waals surface area contributed by atoms with Crippen molar-refractivity contribution < 1.29 is 9.13 Å². The summed E-state index contributed by atoms with van der Waals surface area (Å²) in [5, 5.41) is 11.9. The second-order valence-electron chi connectivity index (χ2n) is 3.63. The van der Waals surface area contributed by atoms with Crippen molar-refractivity contribution in [2.75, 3.05) is 12.4 Å². The molecule has 2 aromatic carbocycles. The molecule has 2 rings (SSSR count). The summed E-state index contributed by atoms with van der Waals surface area (Å²) in [6, 6.07) is 13.0. The lowest BCUT2D eigenvalue weighted by Gasteiger charge is -2.08. The van der Waals surface area contributed by atoms with Crippen LogP contribution in [0.15, 0.2) is 42.5 Å². The van der Waals surface area contributed by atoms with E-state index in [0.717, 1.165) is 11.8 Å². The smallest absolute Gasteiger partial charge is 0.145 e. The molecule has 0 radical (unpaired) electrons. The van der Waals surface area contributed by atoms with Crippen LogP contribution in [0.4, 0.5) is 10.1 Å². The summed E-state index contributed by atoms with van der Waals surface area (Å²) in [7, 11) is 1.82. The highest BCUT2D eigenvalue weighted by molar-refractivity contribution is 5.49. The Kier molecular flexibility index (Phi) is 3.44. The Hall–Kier alpha value is -2.54. The summed E-state index contributed by atoms with van der Waals surface area (Å²) >= 11 is 0. The molecule has 0 amide bonds. The third-order valence-electron chi connectivity index (χ3n) is 2.43. The summed E-state index contributed by atoms with van der Waals surface area (Å²) in [6.07, 6.45) is 0. The minimum Gasteiger partial charge on any atom is -0.456 e. The van der Waals surface area contributed by atoms with Crippen molar-refractivity contribution in [2.24, 2.45) is 0 Å². The van der Waals surface area contributed by atoms with E-state index < -0.39 is 5.82 Å². The maximum atomic E-state index is 13.0. The van der Waals surface area contributed by atoms with Crippen LogP contribution < -0.4 is 10.1 Å². The van der Waals surface area contributed by atoms with Crippen molar-refractivity contribution in [3.8, 4) is 17.6 Å². The van der Waals surface area contributed by atoms with E-state index in [0.29, 0.717) is 11.5 Å². The number of anilines is 1. The van der Waals surface area contributed by atoms with Crippen molar-refractivity contribution in [3.05, 3.63) is 53.8 Å². The number of benzene rings is 2. The van der Waals surface area contributed by atoms with Crippen LogP contribution in [-0.4, -0.2) is 7.05 Å². The molecule has 0 aliphatic carbocycles. The Morgan fingerprint density at radius 2 is 1.89 bits per heavy atom. The standard InChI is InChI=1S/C14H11FN2O/c1-17-12-3-5-13(6-4-12)18-14-7-2-11(15)8-10(14)9-16/h2-8,17H,1H3. The van der Waals surface area contributed by atoms with Gasteiger partial charge in [-0.15, -0.1) is 0 Å². The molecule has 18 heavy (non-hydrogen) atoms. The Morgan fingerprint density at radius 1 is 1.17 bits per heavy atom. The van der Waals surface area contributed by atoms with Gasteiger partial charge in [-0.1, -0.05) is 0 Å². The van der Waals surface area contributed by atoms with E-state index in [-0.39, 0.29) is 5.56 Å². The molecule has 0 spiro atoms. The number of rotatable bonds is 3. The van der Waals surface area contributed by atoms with Gasteiger partial charge in [0.25, 0.3) is 0 Å². The van der Waals surface area contributed by atoms with Crippen molar-refractivity contribution in [1.82, 2.24) is 0 Å². The largest absolute Gasteiger partial charge is 0.456 e. The first kappa shape index (κ1) is 11.9. The van der Waals surface area contributed by atoms with Gasteiger partial charge in [-0.2, -0.15) is 5.26 Å². The van der Waals surface area contributed by atoms with Gasteiger partial charge in [0.2, 0.25) is 0 Å². The lowest BCUT2D eigenvalue weighted by molar-refractivity contribution is 0.479. The van der Waals surface area contributed by atoms with Crippen LogP contribution in [0.2, 0.25) is 0 Å². The maximum Gasteiger partial charge on any atom is 0.145 e. The van der Waals surface area contributed by atoms with Gasteiger partial charge in [0, 0.05) is 12.7 Å². The summed E-state index contributed by atoms with van der Waals surface area (Å²) in [6.45, 7) is 0. The minimum atomic E-state index is -0.454. The normalized spacial score (nSPS) is 9.61. The first-order valence-corrected chi connectivity index (χ1v) is 5.38. The highest BCUT2D eigenvalue weighted by atomic mass is 19.1. The monoisotopic (exact) mass is 242 g/mol. The predicted molar refractivity (Wildman–Crippen MR) is 67.2 cm³/mol. The van der Waals surface area contributed by atoms with Gasteiger partial charge < -0.3 is 10.1 Å². The zero-order chi connectivity index (χ0) is 13.0. The average molecular weight is 242 g/mol. The van der Waals surface area contributed by atoms with E-state index in [4.69, 9.17) is 10.00 Å². The molecule has 0 aliphatic rings. The van der Waals surface area contributed by atoms with Crippen LogP contribution in [0.1, 0.15) is 5.56 Å². The molecule has 1 N–H and O–H groups in total. The third kappa shape index (κ3) is 2.58. The number of nitrogens with zero attached hydrogens (tertiary/aromatic N) is 1. The van der Waals surface area contributed by atoms with Gasteiger partial charge in [0.15, 0.2) is 0 Å². The highest BCUT2D eigenvalue weighted by Gasteiger charge is 2.06. The van der Waals surface area contributed by atoms with Crippen LogP contribution in [0.3, 0.4) is 0 Å². The van der Waals surface area contributed by atoms with E-state index in [9.17, 15) is 4.39 Å². The molecule has 3 nitrogen and oxygen atoms in total. The van der Waals surface area contributed by atoms with Crippen LogP contribution in [0, 0.1) is 17.1 Å². The number of nitriles is 1. The summed E-state index contributed by atoms with van der Waals surface area (Å²) in [5.74, 6) is 0.484. The van der Waals surface area contributed by atoms with Crippen molar-refractivity contribution >= 4 is 5.69 Å². The molecule has 0 saturated heterocycles. The lowest BCUT2D eigenvalue weighted by atomic mass is 10.2.